The molecule has 1 aliphatic heterocycles. The van der Waals surface area contributed by atoms with Gasteiger partial charge in [-0.3, -0.25) is 9.59 Å². The van der Waals surface area contributed by atoms with Gasteiger partial charge in [0.05, 0.1) is 19.2 Å². The highest BCUT2D eigenvalue weighted by Crippen LogP contribution is 2.32. The average molecular weight is 374 g/mol. The molecule has 27 heavy (non-hydrogen) atoms. The number of hydrogen-bond donors (Lipinski definition) is 1. The fourth-order valence-corrected chi connectivity index (χ4v) is 3.15. The van der Waals surface area contributed by atoms with Crippen molar-refractivity contribution in [2.75, 3.05) is 13.2 Å². The van der Waals surface area contributed by atoms with Crippen LogP contribution in [0, 0.1) is 19.7 Å². The molecule has 0 bridgehead atoms. The van der Waals surface area contributed by atoms with Gasteiger partial charge in [-0.15, -0.1) is 0 Å². The second-order valence-electron chi connectivity index (χ2n) is 6.94. The Bertz CT molecular complexity index is 936. The van der Waals surface area contributed by atoms with E-state index in [-0.39, 0.29) is 48.4 Å². The van der Waals surface area contributed by atoms with E-state index in [2.05, 4.69) is 4.98 Å². The number of ether oxygens (including phenoxy) is 2. The number of carbonyl (C=O) groups excluding carboxylic acids is 1. The van der Waals surface area contributed by atoms with Gasteiger partial charge in [-0.25, -0.2) is 4.39 Å². The summed E-state index contributed by atoms with van der Waals surface area (Å²) < 4.78 is 26.0. The lowest BCUT2D eigenvalue weighted by Crippen LogP contribution is -2.35. The predicted octanol–water partition coefficient (Wildman–Crippen LogP) is 2.95. The molecule has 0 fully saturated rings. The zero-order valence-corrected chi connectivity index (χ0v) is 15.9. The van der Waals surface area contributed by atoms with Crippen LogP contribution in [-0.2, 0) is 6.54 Å². The van der Waals surface area contributed by atoms with Crippen LogP contribution in [0.4, 0.5) is 4.39 Å². The summed E-state index contributed by atoms with van der Waals surface area (Å²) in [6, 6.07) is 4.85. The van der Waals surface area contributed by atoms with Gasteiger partial charge in [0.15, 0.2) is 11.6 Å². The molecule has 2 aromatic rings. The molecule has 1 aromatic carbocycles. The van der Waals surface area contributed by atoms with E-state index in [1.807, 2.05) is 13.0 Å². The van der Waals surface area contributed by atoms with E-state index in [4.69, 9.17) is 9.47 Å². The van der Waals surface area contributed by atoms with Gasteiger partial charge in [-0.05, 0) is 51.5 Å². The zero-order valence-electron chi connectivity index (χ0n) is 15.9. The summed E-state index contributed by atoms with van der Waals surface area (Å²) in [4.78, 5) is 29.5. The third-order valence-electron chi connectivity index (χ3n) is 4.39. The average Bonchev–Trinajstić information content (AvgIpc) is 2.73. The van der Waals surface area contributed by atoms with Crippen molar-refractivity contribution < 1.29 is 18.7 Å². The SMILES string of the molecule is Cc1cc(C)c(CN2CCOc3ccc(OC(C)C)c(F)c3C2=O)c(=O)[nH]1. The summed E-state index contributed by atoms with van der Waals surface area (Å²) in [7, 11) is 0. The van der Waals surface area contributed by atoms with Gasteiger partial charge in [-0.1, -0.05) is 0 Å². The fraction of sp³-hybridized carbons (Fsp3) is 0.400. The van der Waals surface area contributed by atoms with Crippen LogP contribution in [0.1, 0.15) is 41.0 Å². The highest BCUT2D eigenvalue weighted by atomic mass is 19.1. The zero-order chi connectivity index (χ0) is 19.7. The smallest absolute Gasteiger partial charge is 0.261 e. The molecular weight excluding hydrogens is 351 g/mol. The summed E-state index contributed by atoms with van der Waals surface area (Å²) in [6.45, 7) is 7.72. The van der Waals surface area contributed by atoms with E-state index in [9.17, 15) is 14.0 Å². The summed E-state index contributed by atoms with van der Waals surface area (Å²) in [5.41, 5.74) is 1.60. The number of amides is 1. The minimum atomic E-state index is -0.743. The molecule has 1 amide bonds. The predicted molar refractivity (Wildman–Crippen MR) is 98.9 cm³/mol. The maximum atomic E-state index is 14.9. The number of nitrogens with zero attached hydrogens (tertiary/aromatic N) is 1. The molecule has 7 heteroatoms. The first-order valence-electron chi connectivity index (χ1n) is 8.88. The topological polar surface area (TPSA) is 71.6 Å². The van der Waals surface area contributed by atoms with Crippen molar-refractivity contribution in [2.24, 2.45) is 0 Å². The third kappa shape index (κ3) is 3.82. The van der Waals surface area contributed by atoms with Gasteiger partial charge in [0.1, 0.15) is 17.9 Å². The monoisotopic (exact) mass is 374 g/mol. The maximum Gasteiger partial charge on any atom is 0.261 e. The molecule has 0 saturated carbocycles. The maximum absolute atomic E-state index is 14.9. The molecule has 0 unspecified atom stereocenters. The van der Waals surface area contributed by atoms with E-state index >= 15 is 0 Å². The highest BCUT2D eigenvalue weighted by Gasteiger charge is 2.30. The Labute approximate surface area is 156 Å². The van der Waals surface area contributed by atoms with Gasteiger partial charge in [-0.2, -0.15) is 0 Å². The lowest BCUT2D eigenvalue weighted by Gasteiger charge is -2.21. The number of aryl methyl sites for hydroxylation is 2. The normalized spacial score (nSPS) is 14.0. The molecule has 3 rings (SSSR count). The van der Waals surface area contributed by atoms with Gasteiger partial charge < -0.3 is 19.4 Å². The van der Waals surface area contributed by atoms with Crippen molar-refractivity contribution in [3.8, 4) is 11.5 Å². The molecular formula is C20H23FN2O4. The molecule has 2 heterocycles. The number of rotatable bonds is 4. The Hall–Kier alpha value is -2.83. The third-order valence-corrected chi connectivity index (χ3v) is 4.39. The van der Waals surface area contributed by atoms with Crippen molar-refractivity contribution in [3.05, 3.63) is 56.8 Å². The highest BCUT2D eigenvalue weighted by molar-refractivity contribution is 5.98. The van der Waals surface area contributed by atoms with E-state index < -0.39 is 11.7 Å². The van der Waals surface area contributed by atoms with Crippen LogP contribution in [0.15, 0.2) is 23.0 Å². The summed E-state index contributed by atoms with van der Waals surface area (Å²) in [6.07, 6.45) is -0.232. The van der Waals surface area contributed by atoms with Crippen LogP contribution in [0.5, 0.6) is 11.5 Å². The Morgan fingerprint density at radius 1 is 1.30 bits per heavy atom. The largest absolute Gasteiger partial charge is 0.491 e. The van der Waals surface area contributed by atoms with Crippen LogP contribution < -0.4 is 15.0 Å². The second kappa shape index (κ2) is 7.42. The molecule has 1 N–H and O–H groups in total. The van der Waals surface area contributed by atoms with Gasteiger partial charge in [0, 0.05) is 11.3 Å². The minimum Gasteiger partial charge on any atom is -0.491 e. The molecule has 0 aliphatic carbocycles. The molecule has 6 nitrogen and oxygen atoms in total. The number of fused-ring (bicyclic) bond motifs is 1. The number of H-pyrrole nitrogens is 1. The van der Waals surface area contributed by atoms with Crippen molar-refractivity contribution in [1.82, 2.24) is 9.88 Å². The molecule has 0 atom stereocenters. The van der Waals surface area contributed by atoms with Crippen LogP contribution in [-0.4, -0.2) is 35.0 Å². The lowest BCUT2D eigenvalue weighted by molar-refractivity contribution is 0.0737. The van der Waals surface area contributed by atoms with E-state index in [1.165, 1.54) is 11.0 Å². The summed E-state index contributed by atoms with van der Waals surface area (Å²) in [5, 5.41) is 0. The van der Waals surface area contributed by atoms with Gasteiger partial charge in [0.2, 0.25) is 0 Å². The van der Waals surface area contributed by atoms with Crippen molar-refractivity contribution >= 4 is 5.91 Å². The Kier molecular flexibility index (Phi) is 5.21. The fourth-order valence-electron chi connectivity index (χ4n) is 3.15. The quantitative estimate of drug-likeness (QED) is 0.893. The first-order chi connectivity index (χ1) is 12.8. The van der Waals surface area contributed by atoms with Gasteiger partial charge >= 0.3 is 0 Å². The molecule has 0 spiro atoms. The number of pyridine rings is 1. The minimum absolute atomic E-state index is 0.00640. The number of aromatic amines is 1. The number of hydrogen-bond acceptors (Lipinski definition) is 4. The van der Waals surface area contributed by atoms with Gasteiger partial charge in [0.25, 0.3) is 11.5 Å². The number of aromatic nitrogens is 1. The van der Waals surface area contributed by atoms with Crippen molar-refractivity contribution in [3.63, 3.8) is 0 Å². The van der Waals surface area contributed by atoms with Crippen molar-refractivity contribution in [1.29, 1.82) is 0 Å². The number of nitrogens with one attached hydrogen (secondary N) is 1. The molecule has 1 aliphatic rings. The number of halogens is 1. The van der Waals surface area contributed by atoms with Crippen LogP contribution >= 0.6 is 0 Å². The van der Waals surface area contributed by atoms with Crippen LogP contribution in [0.3, 0.4) is 0 Å². The first-order valence-corrected chi connectivity index (χ1v) is 8.88. The molecule has 0 radical (unpaired) electrons. The van der Waals surface area contributed by atoms with Crippen LogP contribution in [0.25, 0.3) is 0 Å². The Balaban J connectivity index is 1.98. The summed E-state index contributed by atoms with van der Waals surface area (Å²) in [5.74, 6) is -1.07. The van der Waals surface area contributed by atoms with E-state index in [0.29, 0.717) is 5.56 Å². The molecule has 0 saturated heterocycles. The van der Waals surface area contributed by atoms with E-state index in [0.717, 1.165) is 11.3 Å². The second-order valence-corrected chi connectivity index (χ2v) is 6.94. The lowest BCUT2D eigenvalue weighted by atomic mass is 10.1. The Morgan fingerprint density at radius 3 is 2.70 bits per heavy atom. The van der Waals surface area contributed by atoms with Crippen LogP contribution in [0.2, 0.25) is 0 Å². The summed E-state index contributed by atoms with van der Waals surface area (Å²) >= 11 is 0. The van der Waals surface area contributed by atoms with E-state index in [1.54, 1.807) is 26.8 Å². The molecule has 144 valence electrons. The number of carbonyl (C=O) groups is 1. The van der Waals surface area contributed by atoms with Crippen molar-refractivity contribution in [2.45, 2.75) is 40.3 Å². The Morgan fingerprint density at radius 2 is 2.04 bits per heavy atom. The molecule has 1 aromatic heterocycles. The first kappa shape index (κ1) is 18.9. The standard InChI is InChI=1S/C20H23FN2O4/c1-11(2)27-16-6-5-15-17(18(16)21)20(25)23(7-8-26-15)10-14-12(3)9-13(4)22-19(14)24/h5-6,9,11H,7-8,10H2,1-4H3,(H,22,24). The number of benzene rings is 1.